The molecule has 1 fully saturated rings. The van der Waals surface area contributed by atoms with Gasteiger partial charge in [0.25, 0.3) is 5.91 Å². The Morgan fingerprint density at radius 2 is 2.44 bits per heavy atom. The second kappa shape index (κ2) is 4.45. The van der Waals surface area contributed by atoms with Crippen LogP contribution in [0.3, 0.4) is 0 Å². The van der Waals surface area contributed by atoms with E-state index in [4.69, 9.17) is 11.6 Å². The molecule has 0 spiro atoms. The number of aromatic nitrogens is 2. The normalized spacial score (nSPS) is 17.1. The lowest BCUT2D eigenvalue weighted by atomic mass is 10.0. The Labute approximate surface area is 100.0 Å². The number of aryl methyl sites for hydroxylation is 1. The quantitative estimate of drug-likeness (QED) is 0.796. The molecule has 1 saturated carbocycles. The number of imidazole rings is 1. The SMILES string of the molecule is Cn1cncc1C(=O)NCC1(CCCl)CC1. The summed E-state index contributed by atoms with van der Waals surface area (Å²) >= 11 is 5.74. The first-order valence-corrected chi connectivity index (χ1v) is 6.01. The third-order valence-corrected chi connectivity index (χ3v) is 3.44. The highest BCUT2D eigenvalue weighted by molar-refractivity contribution is 6.17. The van der Waals surface area contributed by atoms with Crippen LogP contribution in [0.1, 0.15) is 29.8 Å². The first kappa shape index (κ1) is 11.5. The average Bonchev–Trinajstić information content (AvgIpc) is 2.89. The zero-order valence-electron chi connectivity index (χ0n) is 9.37. The smallest absolute Gasteiger partial charge is 0.269 e. The molecule has 1 aromatic heterocycles. The Morgan fingerprint density at radius 3 is 2.94 bits per heavy atom. The van der Waals surface area contributed by atoms with Crippen molar-refractivity contribution in [3.63, 3.8) is 0 Å². The predicted octanol–water partition coefficient (Wildman–Crippen LogP) is 1.56. The van der Waals surface area contributed by atoms with E-state index in [1.54, 1.807) is 17.1 Å². The number of nitrogens with one attached hydrogen (secondary N) is 1. The number of carbonyl (C=O) groups excluding carboxylic acids is 1. The molecular weight excluding hydrogens is 226 g/mol. The van der Waals surface area contributed by atoms with Crippen molar-refractivity contribution in [1.82, 2.24) is 14.9 Å². The minimum absolute atomic E-state index is 0.0548. The van der Waals surface area contributed by atoms with E-state index in [2.05, 4.69) is 10.3 Å². The number of amides is 1. The van der Waals surface area contributed by atoms with Crippen molar-refractivity contribution < 1.29 is 4.79 Å². The molecule has 1 heterocycles. The van der Waals surface area contributed by atoms with Gasteiger partial charge >= 0.3 is 0 Å². The van der Waals surface area contributed by atoms with Gasteiger partial charge in [-0.1, -0.05) is 0 Å². The molecule has 0 bridgehead atoms. The van der Waals surface area contributed by atoms with Crippen molar-refractivity contribution >= 4 is 17.5 Å². The van der Waals surface area contributed by atoms with Gasteiger partial charge in [-0.05, 0) is 24.7 Å². The van der Waals surface area contributed by atoms with Crippen LogP contribution >= 0.6 is 11.6 Å². The highest BCUT2D eigenvalue weighted by Crippen LogP contribution is 2.48. The van der Waals surface area contributed by atoms with Gasteiger partial charge < -0.3 is 9.88 Å². The summed E-state index contributed by atoms with van der Waals surface area (Å²) < 4.78 is 1.72. The number of halogens is 1. The van der Waals surface area contributed by atoms with Crippen molar-refractivity contribution in [2.45, 2.75) is 19.3 Å². The minimum Gasteiger partial charge on any atom is -0.350 e. The molecule has 1 amide bonds. The highest BCUT2D eigenvalue weighted by atomic mass is 35.5. The number of alkyl halides is 1. The van der Waals surface area contributed by atoms with Gasteiger partial charge in [-0.2, -0.15) is 0 Å². The second-order valence-corrected chi connectivity index (χ2v) is 4.89. The highest BCUT2D eigenvalue weighted by Gasteiger charge is 2.41. The fraction of sp³-hybridized carbons (Fsp3) is 0.636. The van der Waals surface area contributed by atoms with Gasteiger partial charge in [-0.3, -0.25) is 4.79 Å². The van der Waals surface area contributed by atoms with E-state index in [1.807, 2.05) is 7.05 Å². The Hall–Kier alpha value is -1.03. The maximum Gasteiger partial charge on any atom is 0.269 e. The zero-order chi connectivity index (χ0) is 11.6. The molecule has 0 aromatic carbocycles. The molecule has 0 aliphatic heterocycles. The first-order valence-electron chi connectivity index (χ1n) is 5.47. The summed E-state index contributed by atoms with van der Waals surface area (Å²) in [6.45, 7) is 0.726. The van der Waals surface area contributed by atoms with Gasteiger partial charge in [0.2, 0.25) is 0 Å². The van der Waals surface area contributed by atoms with Crippen molar-refractivity contribution in [3.8, 4) is 0 Å². The predicted molar refractivity (Wildman–Crippen MR) is 62.5 cm³/mol. The van der Waals surface area contributed by atoms with Gasteiger partial charge in [-0.25, -0.2) is 4.98 Å². The zero-order valence-corrected chi connectivity index (χ0v) is 10.1. The molecule has 0 atom stereocenters. The molecule has 88 valence electrons. The van der Waals surface area contributed by atoms with Gasteiger partial charge in [0, 0.05) is 19.5 Å². The van der Waals surface area contributed by atoms with Crippen molar-refractivity contribution in [1.29, 1.82) is 0 Å². The number of rotatable bonds is 5. The summed E-state index contributed by atoms with van der Waals surface area (Å²) in [5.41, 5.74) is 0.873. The standard InChI is InChI=1S/C11H16ClN3O/c1-15-8-13-6-9(15)10(16)14-7-11(2-3-11)4-5-12/h6,8H,2-5,7H2,1H3,(H,14,16). The van der Waals surface area contributed by atoms with E-state index >= 15 is 0 Å². The van der Waals surface area contributed by atoms with Crippen LogP contribution in [0.25, 0.3) is 0 Å². The Balaban J connectivity index is 1.87. The molecule has 0 radical (unpaired) electrons. The van der Waals surface area contributed by atoms with Crippen LogP contribution in [0.5, 0.6) is 0 Å². The Morgan fingerprint density at radius 1 is 1.69 bits per heavy atom. The Kier molecular flexibility index (Phi) is 3.19. The summed E-state index contributed by atoms with van der Waals surface area (Å²) in [5.74, 6) is 0.613. The maximum atomic E-state index is 11.8. The minimum atomic E-state index is -0.0548. The van der Waals surface area contributed by atoms with E-state index < -0.39 is 0 Å². The number of carbonyl (C=O) groups is 1. The summed E-state index contributed by atoms with van der Waals surface area (Å²) in [4.78, 5) is 15.7. The summed E-state index contributed by atoms with van der Waals surface area (Å²) in [6, 6.07) is 0. The van der Waals surface area contributed by atoms with E-state index in [1.165, 1.54) is 12.8 Å². The lowest BCUT2D eigenvalue weighted by molar-refractivity contribution is 0.0936. The van der Waals surface area contributed by atoms with Gasteiger partial charge in [0.15, 0.2) is 0 Å². The van der Waals surface area contributed by atoms with E-state index in [9.17, 15) is 4.79 Å². The van der Waals surface area contributed by atoms with Gasteiger partial charge in [0.05, 0.1) is 12.5 Å². The monoisotopic (exact) mass is 241 g/mol. The molecule has 1 aliphatic rings. The molecule has 4 nitrogen and oxygen atoms in total. The lowest BCUT2D eigenvalue weighted by Crippen LogP contribution is -2.31. The van der Waals surface area contributed by atoms with Crippen LogP contribution in [0.15, 0.2) is 12.5 Å². The maximum absolute atomic E-state index is 11.8. The first-order chi connectivity index (χ1) is 7.67. The molecule has 2 rings (SSSR count). The van der Waals surface area contributed by atoms with Gasteiger partial charge in [0.1, 0.15) is 5.69 Å². The van der Waals surface area contributed by atoms with Crippen molar-refractivity contribution in [2.75, 3.05) is 12.4 Å². The number of hydrogen-bond donors (Lipinski definition) is 1. The van der Waals surface area contributed by atoms with Crippen LogP contribution < -0.4 is 5.32 Å². The molecule has 5 heteroatoms. The fourth-order valence-electron chi connectivity index (χ4n) is 1.83. The average molecular weight is 242 g/mol. The molecule has 0 unspecified atom stereocenters. The van der Waals surface area contributed by atoms with Crippen LogP contribution in [-0.4, -0.2) is 27.9 Å². The lowest BCUT2D eigenvalue weighted by Gasteiger charge is -2.14. The number of hydrogen-bond acceptors (Lipinski definition) is 2. The topological polar surface area (TPSA) is 46.9 Å². The summed E-state index contributed by atoms with van der Waals surface area (Å²) in [5, 5.41) is 2.96. The van der Waals surface area contributed by atoms with Crippen molar-refractivity contribution in [3.05, 3.63) is 18.2 Å². The van der Waals surface area contributed by atoms with Crippen LogP contribution in [-0.2, 0) is 7.05 Å². The summed E-state index contributed by atoms with van der Waals surface area (Å²) in [7, 11) is 1.81. The summed E-state index contributed by atoms with van der Waals surface area (Å²) in [6.07, 6.45) is 6.54. The third kappa shape index (κ3) is 2.38. The van der Waals surface area contributed by atoms with E-state index in [0.717, 1.165) is 13.0 Å². The van der Waals surface area contributed by atoms with Crippen LogP contribution in [0.2, 0.25) is 0 Å². The molecule has 1 aromatic rings. The molecular formula is C11H16ClN3O. The molecule has 16 heavy (non-hydrogen) atoms. The van der Waals surface area contributed by atoms with Crippen LogP contribution in [0.4, 0.5) is 0 Å². The molecule has 0 saturated heterocycles. The largest absolute Gasteiger partial charge is 0.350 e. The third-order valence-electron chi connectivity index (χ3n) is 3.26. The molecule has 1 N–H and O–H groups in total. The van der Waals surface area contributed by atoms with Gasteiger partial charge in [-0.15, -0.1) is 11.6 Å². The van der Waals surface area contributed by atoms with Crippen molar-refractivity contribution in [2.24, 2.45) is 12.5 Å². The second-order valence-electron chi connectivity index (χ2n) is 4.51. The van der Waals surface area contributed by atoms with Crippen LogP contribution in [0, 0.1) is 5.41 Å². The Bertz CT molecular complexity index is 384. The fourth-order valence-corrected chi connectivity index (χ4v) is 2.23. The van der Waals surface area contributed by atoms with E-state index in [-0.39, 0.29) is 11.3 Å². The number of nitrogens with zero attached hydrogens (tertiary/aromatic N) is 2. The van der Waals surface area contributed by atoms with E-state index in [0.29, 0.717) is 11.6 Å². The molecule has 1 aliphatic carbocycles.